The van der Waals surface area contributed by atoms with Crippen LogP contribution >= 0.6 is 0 Å². The zero-order valence-electron chi connectivity index (χ0n) is 12.3. The molecule has 1 aliphatic heterocycles. The number of hydrogen-bond acceptors (Lipinski definition) is 3. The van der Waals surface area contributed by atoms with Crippen molar-refractivity contribution in [1.29, 1.82) is 0 Å². The highest BCUT2D eigenvalue weighted by atomic mass is 16.5. The molecule has 4 heteroatoms. The molecule has 1 saturated heterocycles. The van der Waals surface area contributed by atoms with E-state index in [4.69, 9.17) is 4.74 Å². The summed E-state index contributed by atoms with van der Waals surface area (Å²) in [6.45, 7) is 2.66. The quantitative estimate of drug-likeness (QED) is 0.863. The summed E-state index contributed by atoms with van der Waals surface area (Å²) < 4.78 is 5.63. The molecule has 1 saturated carbocycles. The first-order valence-electron chi connectivity index (χ1n) is 7.62. The highest BCUT2D eigenvalue weighted by Gasteiger charge is 2.56. The molecule has 2 fully saturated rings. The molecular weight excluding hydrogens is 266 g/mol. The number of imide groups is 1. The molecule has 1 aromatic rings. The van der Waals surface area contributed by atoms with Gasteiger partial charge in [0, 0.05) is 18.9 Å². The minimum absolute atomic E-state index is 0.120. The zero-order chi connectivity index (χ0) is 14.9. The van der Waals surface area contributed by atoms with Gasteiger partial charge < -0.3 is 4.74 Å². The molecule has 1 spiro atoms. The molecule has 1 aliphatic carbocycles. The molecule has 4 nitrogen and oxygen atoms in total. The maximum Gasteiger partial charge on any atom is 0.230 e. The lowest BCUT2D eigenvalue weighted by Gasteiger charge is -2.53. The van der Waals surface area contributed by atoms with Crippen molar-refractivity contribution in [2.45, 2.75) is 38.7 Å². The van der Waals surface area contributed by atoms with E-state index in [9.17, 15) is 9.59 Å². The van der Waals surface area contributed by atoms with Gasteiger partial charge in [0.2, 0.25) is 11.8 Å². The Hall–Kier alpha value is -1.68. The molecule has 1 unspecified atom stereocenters. The SMILES string of the molecule is CCOC1CC2(CC(=O)NC(=O)C2Cc2ccccc2)C1. The van der Waals surface area contributed by atoms with Crippen molar-refractivity contribution in [3.63, 3.8) is 0 Å². The molecule has 3 rings (SSSR count). The number of piperidine rings is 1. The summed E-state index contributed by atoms with van der Waals surface area (Å²) in [6, 6.07) is 10.0. The molecule has 112 valence electrons. The van der Waals surface area contributed by atoms with E-state index in [1.807, 2.05) is 37.3 Å². The van der Waals surface area contributed by atoms with Crippen LogP contribution in [0.5, 0.6) is 0 Å². The van der Waals surface area contributed by atoms with Crippen molar-refractivity contribution in [3.05, 3.63) is 35.9 Å². The van der Waals surface area contributed by atoms with Crippen LogP contribution in [0, 0.1) is 11.3 Å². The summed E-state index contributed by atoms with van der Waals surface area (Å²) in [5.74, 6) is -0.390. The molecule has 2 aliphatic rings. The van der Waals surface area contributed by atoms with Gasteiger partial charge in [-0.2, -0.15) is 0 Å². The van der Waals surface area contributed by atoms with Gasteiger partial charge >= 0.3 is 0 Å². The Balaban J connectivity index is 1.78. The van der Waals surface area contributed by atoms with Gasteiger partial charge in [-0.1, -0.05) is 30.3 Å². The van der Waals surface area contributed by atoms with Crippen LogP contribution in [0.15, 0.2) is 30.3 Å². The summed E-state index contributed by atoms with van der Waals surface area (Å²) in [4.78, 5) is 24.1. The van der Waals surface area contributed by atoms with E-state index >= 15 is 0 Å². The highest BCUT2D eigenvalue weighted by Crippen LogP contribution is 2.53. The first kappa shape index (κ1) is 14.3. The Morgan fingerprint density at radius 2 is 1.95 bits per heavy atom. The lowest BCUT2D eigenvalue weighted by molar-refractivity contribution is -0.161. The van der Waals surface area contributed by atoms with Crippen molar-refractivity contribution in [1.82, 2.24) is 5.32 Å². The van der Waals surface area contributed by atoms with Gasteiger partial charge in [-0.25, -0.2) is 0 Å². The summed E-state index contributed by atoms with van der Waals surface area (Å²) in [7, 11) is 0. The van der Waals surface area contributed by atoms with Crippen LogP contribution in [-0.2, 0) is 20.7 Å². The predicted octanol–water partition coefficient (Wildman–Crippen LogP) is 2.08. The van der Waals surface area contributed by atoms with Crippen LogP contribution in [0.2, 0.25) is 0 Å². The van der Waals surface area contributed by atoms with Gasteiger partial charge in [0.25, 0.3) is 0 Å². The van der Waals surface area contributed by atoms with Gasteiger partial charge in [0.15, 0.2) is 0 Å². The van der Waals surface area contributed by atoms with Crippen LogP contribution in [0.4, 0.5) is 0 Å². The topological polar surface area (TPSA) is 55.4 Å². The van der Waals surface area contributed by atoms with Crippen LogP contribution < -0.4 is 5.32 Å². The second kappa shape index (κ2) is 5.60. The van der Waals surface area contributed by atoms with E-state index in [0.29, 0.717) is 19.4 Å². The molecule has 1 N–H and O–H groups in total. The normalized spacial score (nSPS) is 31.9. The molecule has 2 amide bonds. The predicted molar refractivity (Wildman–Crippen MR) is 78.5 cm³/mol. The smallest absolute Gasteiger partial charge is 0.230 e. The van der Waals surface area contributed by atoms with Gasteiger partial charge in [-0.3, -0.25) is 14.9 Å². The zero-order valence-corrected chi connectivity index (χ0v) is 12.3. The maximum absolute atomic E-state index is 12.3. The Labute approximate surface area is 124 Å². The number of ether oxygens (including phenoxy) is 1. The van der Waals surface area contributed by atoms with Gasteiger partial charge in [-0.05, 0) is 37.2 Å². The summed E-state index contributed by atoms with van der Waals surface area (Å²) >= 11 is 0. The minimum Gasteiger partial charge on any atom is -0.378 e. The Morgan fingerprint density at radius 3 is 2.62 bits per heavy atom. The summed E-state index contributed by atoms with van der Waals surface area (Å²) in [5, 5.41) is 2.50. The fourth-order valence-electron chi connectivity index (χ4n) is 3.78. The average molecular weight is 287 g/mol. The molecule has 0 bridgehead atoms. The number of carbonyl (C=O) groups is 2. The molecule has 1 heterocycles. The minimum atomic E-state index is -0.199. The third-order valence-electron chi connectivity index (χ3n) is 4.78. The molecular formula is C17H21NO3. The number of nitrogens with one attached hydrogen (secondary N) is 1. The third-order valence-corrected chi connectivity index (χ3v) is 4.78. The van der Waals surface area contributed by atoms with Crippen molar-refractivity contribution >= 4 is 11.8 Å². The highest BCUT2D eigenvalue weighted by molar-refractivity contribution is 6.00. The average Bonchev–Trinajstić information content (AvgIpc) is 2.42. The number of benzene rings is 1. The standard InChI is InChI=1S/C17H21NO3/c1-2-21-13-9-17(10-13)11-15(19)18-16(20)14(17)8-12-6-4-3-5-7-12/h3-7,13-14H,2,8-11H2,1H3,(H,18,19,20). The number of hydrogen-bond donors (Lipinski definition) is 1. The lowest BCUT2D eigenvalue weighted by Crippen LogP contribution is -2.59. The van der Waals surface area contributed by atoms with Crippen LogP contribution in [-0.4, -0.2) is 24.5 Å². The molecule has 0 aromatic heterocycles. The second-order valence-electron chi connectivity index (χ2n) is 6.18. The van der Waals surface area contributed by atoms with E-state index in [2.05, 4.69) is 5.32 Å². The number of rotatable bonds is 4. The van der Waals surface area contributed by atoms with E-state index in [0.717, 1.165) is 18.4 Å². The lowest BCUT2D eigenvalue weighted by atomic mass is 9.55. The Morgan fingerprint density at radius 1 is 1.24 bits per heavy atom. The van der Waals surface area contributed by atoms with Crippen molar-refractivity contribution in [2.75, 3.05) is 6.61 Å². The second-order valence-corrected chi connectivity index (χ2v) is 6.18. The first-order chi connectivity index (χ1) is 10.1. The van der Waals surface area contributed by atoms with Crippen molar-refractivity contribution in [3.8, 4) is 0 Å². The van der Waals surface area contributed by atoms with Crippen LogP contribution in [0.25, 0.3) is 0 Å². The third kappa shape index (κ3) is 2.72. The molecule has 1 aromatic carbocycles. The fourth-order valence-corrected chi connectivity index (χ4v) is 3.78. The molecule has 0 radical (unpaired) electrons. The number of amides is 2. The largest absolute Gasteiger partial charge is 0.378 e. The number of carbonyl (C=O) groups excluding carboxylic acids is 2. The fraction of sp³-hybridized carbons (Fsp3) is 0.529. The summed E-state index contributed by atoms with van der Waals surface area (Å²) in [5.41, 5.74) is 0.945. The van der Waals surface area contributed by atoms with Crippen LogP contribution in [0.3, 0.4) is 0 Å². The summed E-state index contributed by atoms with van der Waals surface area (Å²) in [6.07, 6.45) is 2.97. The van der Waals surface area contributed by atoms with Gasteiger partial charge in [0.1, 0.15) is 0 Å². The van der Waals surface area contributed by atoms with Gasteiger partial charge in [-0.15, -0.1) is 0 Å². The first-order valence-corrected chi connectivity index (χ1v) is 7.62. The van der Waals surface area contributed by atoms with E-state index < -0.39 is 0 Å². The molecule has 21 heavy (non-hydrogen) atoms. The maximum atomic E-state index is 12.3. The Kier molecular flexibility index (Phi) is 3.81. The van der Waals surface area contributed by atoms with Crippen molar-refractivity contribution in [2.24, 2.45) is 11.3 Å². The molecule has 1 atom stereocenters. The van der Waals surface area contributed by atoms with E-state index in [-0.39, 0.29) is 29.3 Å². The Bertz CT molecular complexity index is 534. The van der Waals surface area contributed by atoms with Crippen LogP contribution in [0.1, 0.15) is 31.7 Å². The van der Waals surface area contributed by atoms with E-state index in [1.54, 1.807) is 0 Å². The monoisotopic (exact) mass is 287 g/mol. The van der Waals surface area contributed by atoms with E-state index in [1.165, 1.54) is 0 Å². The van der Waals surface area contributed by atoms with Gasteiger partial charge in [0.05, 0.1) is 6.10 Å². The van der Waals surface area contributed by atoms with Crippen molar-refractivity contribution < 1.29 is 14.3 Å².